The van der Waals surface area contributed by atoms with Gasteiger partial charge in [-0.25, -0.2) is 15.0 Å². The fourth-order valence-corrected chi connectivity index (χ4v) is 11.4. The molecule has 15 aromatic rings. The molecule has 0 bridgehead atoms. The molecule has 8 nitrogen and oxygen atoms in total. The van der Waals surface area contributed by atoms with Crippen LogP contribution in [0.25, 0.3) is 139 Å². The van der Waals surface area contributed by atoms with Crippen LogP contribution < -0.4 is 0 Å². The molecule has 0 fully saturated rings. The number of para-hydroxylation sites is 6. The van der Waals surface area contributed by atoms with E-state index in [1.54, 1.807) is 0 Å². The van der Waals surface area contributed by atoms with Gasteiger partial charge in [0.15, 0.2) is 23.1 Å². The number of aromatic nitrogens is 6. The zero-order valence-electron chi connectivity index (χ0n) is 38.4. The number of nitriles is 1. The van der Waals surface area contributed by atoms with E-state index in [1.165, 1.54) is 0 Å². The van der Waals surface area contributed by atoms with Crippen LogP contribution in [0.2, 0.25) is 0 Å². The van der Waals surface area contributed by atoms with Crippen LogP contribution in [-0.2, 0) is 0 Å². The van der Waals surface area contributed by atoms with Gasteiger partial charge in [-0.15, -0.1) is 0 Å². The quantitative estimate of drug-likeness (QED) is 0.166. The van der Waals surface area contributed by atoms with Gasteiger partial charge in [-0.05, 0) is 54.6 Å². The third kappa shape index (κ3) is 5.64. The van der Waals surface area contributed by atoms with E-state index in [0.29, 0.717) is 45.5 Å². The second-order valence-electron chi connectivity index (χ2n) is 18.2. The monoisotopic (exact) mass is 919 g/mol. The van der Waals surface area contributed by atoms with E-state index in [0.717, 1.165) is 98.7 Å². The average Bonchev–Trinajstić information content (AvgIpc) is 4.21. The minimum atomic E-state index is 0.408. The van der Waals surface area contributed by atoms with Gasteiger partial charge >= 0.3 is 0 Å². The van der Waals surface area contributed by atoms with Gasteiger partial charge in [-0.3, -0.25) is 0 Å². The summed E-state index contributed by atoms with van der Waals surface area (Å²) in [6.07, 6.45) is 0. The van der Waals surface area contributed by atoms with Gasteiger partial charge < -0.3 is 18.1 Å². The molecule has 5 heterocycles. The molecular formula is C64H37N7O. The molecule has 10 aromatic carbocycles. The Bertz CT molecular complexity index is 4610. The van der Waals surface area contributed by atoms with E-state index in [1.807, 2.05) is 84.9 Å². The zero-order valence-corrected chi connectivity index (χ0v) is 38.4. The molecular weight excluding hydrogens is 883 g/mol. The molecule has 72 heavy (non-hydrogen) atoms. The van der Waals surface area contributed by atoms with Crippen LogP contribution in [0, 0.1) is 11.3 Å². The smallest absolute Gasteiger partial charge is 0.164 e. The predicted molar refractivity (Wildman–Crippen MR) is 291 cm³/mol. The van der Waals surface area contributed by atoms with Crippen molar-refractivity contribution in [2.45, 2.75) is 0 Å². The van der Waals surface area contributed by atoms with Crippen LogP contribution in [0.15, 0.2) is 229 Å². The topological polar surface area (TPSA) is 90.4 Å². The number of nitrogens with zero attached hydrogens (tertiary/aromatic N) is 7. The fourth-order valence-electron chi connectivity index (χ4n) is 11.4. The van der Waals surface area contributed by atoms with Crippen molar-refractivity contribution in [1.82, 2.24) is 28.7 Å². The van der Waals surface area contributed by atoms with Crippen LogP contribution in [0.1, 0.15) is 5.56 Å². The van der Waals surface area contributed by atoms with Crippen molar-refractivity contribution in [3.8, 4) is 57.3 Å². The van der Waals surface area contributed by atoms with Gasteiger partial charge in [0, 0.05) is 71.2 Å². The van der Waals surface area contributed by atoms with Crippen molar-refractivity contribution in [3.63, 3.8) is 0 Å². The first-order valence-electron chi connectivity index (χ1n) is 24.0. The molecule has 5 aromatic heterocycles. The Kier molecular flexibility index (Phi) is 8.55. The summed E-state index contributed by atoms with van der Waals surface area (Å²) in [5.74, 6) is 1.49. The highest BCUT2D eigenvalue weighted by molar-refractivity contribution is 6.40. The standard InChI is InChI=1S/C64H37N7O/c65-38-41-37-48(64-67-62(39-21-5-1-6-22-39)66-63(68-64)40-23-7-2-8-24-40)53-47-32-16-20-36-52(47)72-61(53)57(41)71-51-35-19-15-31-46(51)56-59-54(44-29-13-17-33-49(44)69(59)42-25-9-3-10-26-42)58-55(60(56)71)45-30-14-18-34-50(45)70(58)43-27-11-4-12-28-43/h1-37H. The molecule has 0 aliphatic carbocycles. The molecule has 334 valence electrons. The first-order chi connectivity index (χ1) is 35.7. The largest absolute Gasteiger partial charge is 0.454 e. The van der Waals surface area contributed by atoms with Crippen LogP contribution >= 0.6 is 0 Å². The molecule has 0 saturated heterocycles. The third-order valence-corrected chi connectivity index (χ3v) is 14.3. The van der Waals surface area contributed by atoms with Crippen molar-refractivity contribution in [2.24, 2.45) is 0 Å². The summed E-state index contributed by atoms with van der Waals surface area (Å²) in [6, 6.07) is 80.0. The van der Waals surface area contributed by atoms with Gasteiger partial charge in [0.25, 0.3) is 0 Å². The van der Waals surface area contributed by atoms with Gasteiger partial charge in [0.2, 0.25) is 0 Å². The third-order valence-electron chi connectivity index (χ3n) is 14.3. The first kappa shape index (κ1) is 39.9. The van der Waals surface area contributed by atoms with Crippen molar-refractivity contribution in [1.29, 1.82) is 5.26 Å². The van der Waals surface area contributed by atoms with Gasteiger partial charge in [-0.1, -0.05) is 170 Å². The fraction of sp³-hybridized carbons (Fsp3) is 0. The van der Waals surface area contributed by atoms with E-state index in [2.05, 4.69) is 159 Å². The minimum absolute atomic E-state index is 0.408. The molecule has 15 rings (SSSR count). The molecule has 0 aliphatic heterocycles. The molecule has 0 amide bonds. The highest BCUT2D eigenvalue weighted by Gasteiger charge is 2.32. The molecule has 0 unspecified atom stereocenters. The summed E-state index contributed by atoms with van der Waals surface area (Å²) in [5.41, 5.74) is 13.0. The molecule has 0 spiro atoms. The van der Waals surface area contributed by atoms with Crippen molar-refractivity contribution < 1.29 is 4.42 Å². The Labute approximate surface area is 411 Å². The van der Waals surface area contributed by atoms with Crippen LogP contribution in [0.4, 0.5) is 0 Å². The zero-order chi connectivity index (χ0) is 47.4. The van der Waals surface area contributed by atoms with E-state index < -0.39 is 0 Å². The summed E-state index contributed by atoms with van der Waals surface area (Å²) in [5, 5.41) is 20.0. The maximum atomic E-state index is 11.8. The van der Waals surface area contributed by atoms with Gasteiger partial charge in [-0.2, -0.15) is 5.26 Å². The maximum Gasteiger partial charge on any atom is 0.164 e. The van der Waals surface area contributed by atoms with Crippen molar-refractivity contribution >= 4 is 87.4 Å². The Morgan fingerprint density at radius 3 is 1.25 bits per heavy atom. The van der Waals surface area contributed by atoms with Gasteiger partial charge in [0.05, 0.1) is 38.7 Å². The van der Waals surface area contributed by atoms with E-state index >= 15 is 0 Å². The number of rotatable bonds is 6. The summed E-state index contributed by atoms with van der Waals surface area (Å²) in [6.45, 7) is 0. The normalized spacial score (nSPS) is 11.9. The molecule has 0 atom stereocenters. The summed E-state index contributed by atoms with van der Waals surface area (Å²) in [4.78, 5) is 15.5. The summed E-state index contributed by atoms with van der Waals surface area (Å²) in [7, 11) is 0. The molecule has 0 aliphatic rings. The Morgan fingerprint density at radius 2 is 0.764 bits per heavy atom. The average molecular weight is 920 g/mol. The number of furan rings is 1. The molecule has 0 saturated carbocycles. The van der Waals surface area contributed by atoms with E-state index in [4.69, 9.17) is 19.4 Å². The summed E-state index contributed by atoms with van der Waals surface area (Å²) < 4.78 is 14.4. The number of benzene rings is 10. The lowest BCUT2D eigenvalue weighted by Gasteiger charge is -2.16. The second kappa shape index (κ2) is 15.5. The Hall–Kier alpha value is -10.1. The molecule has 8 heteroatoms. The SMILES string of the molecule is N#Cc1cc(-c2nc(-c3ccccc3)nc(-c3ccccc3)n2)c2c(oc3ccccc32)c1-n1c2ccccc2c2c3c(c4ccccc4n3-c3ccccc3)c3c(c4ccccc4n3-c3ccccc3)c21. The predicted octanol–water partition coefficient (Wildman–Crippen LogP) is 15.9. The minimum Gasteiger partial charge on any atom is -0.454 e. The van der Waals surface area contributed by atoms with Crippen LogP contribution in [0.3, 0.4) is 0 Å². The number of fused-ring (bicyclic) bond motifs is 15. The van der Waals surface area contributed by atoms with Crippen molar-refractivity contribution in [3.05, 3.63) is 230 Å². The maximum absolute atomic E-state index is 11.8. The lowest BCUT2D eigenvalue weighted by molar-refractivity contribution is 0.666. The lowest BCUT2D eigenvalue weighted by atomic mass is 9.99. The van der Waals surface area contributed by atoms with E-state index in [9.17, 15) is 5.26 Å². The molecule has 0 N–H and O–H groups in total. The van der Waals surface area contributed by atoms with Gasteiger partial charge in [0.1, 0.15) is 17.3 Å². The van der Waals surface area contributed by atoms with E-state index in [-0.39, 0.29) is 0 Å². The van der Waals surface area contributed by atoms with Crippen LogP contribution in [0.5, 0.6) is 0 Å². The Balaban J connectivity index is 1.17. The van der Waals surface area contributed by atoms with Crippen molar-refractivity contribution in [2.75, 3.05) is 0 Å². The number of hydrogen-bond donors (Lipinski definition) is 0. The first-order valence-corrected chi connectivity index (χ1v) is 24.0. The second-order valence-corrected chi connectivity index (χ2v) is 18.2. The summed E-state index contributed by atoms with van der Waals surface area (Å²) >= 11 is 0. The highest BCUT2D eigenvalue weighted by atomic mass is 16.3. The Morgan fingerprint density at radius 1 is 0.375 bits per heavy atom. The lowest BCUT2D eigenvalue weighted by Crippen LogP contribution is -2.03. The number of hydrogen-bond acceptors (Lipinski definition) is 5. The highest BCUT2D eigenvalue weighted by Crippen LogP contribution is 2.52. The molecule has 0 radical (unpaired) electrons. The van der Waals surface area contributed by atoms with Crippen LogP contribution in [-0.4, -0.2) is 28.7 Å².